The summed E-state index contributed by atoms with van der Waals surface area (Å²) >= 11 is 0. The molecule has 0 aliphatic carbocycles. The van der Waals surface area contributed by atoms with Crippen LogP contribution in [0.2, 0.25) is 0 Å². The zero-order valence-corrected chi connectivity index (χ0v) is 10.5. The normalized spacial score (nSPS) is 31.8. The molecule has 0 amide bonds. The van der Waals surface area contributed by atoms with Crippen molar-refractivity contribution in [3.63, 3.8) is 0 Å². The number of morpholine rings is 1. The number of aliphatic hydroxyl groups is 1. The fraction of sp³-hybridized carbons (Fsp3) is 0.917. The summed E-state index contributed by atoms with van der Waals surface area (Å²) < 4.78 is 10.6. The number of hydrogen-bond donors (Lipinski definition) is 1. The summed E-state index contributed by atoms with van der Waals surface area (Å²) in [5.74, 6) is 0.778. The van der Waals surface area contributed by atoms with E-state index < -0.39 is 0 Å². The van der Waals surface area contributed by atoms with Crippen molar-refractivity contribution in [3.8, 4) is 0 Å². The average molecular weight is 242 g/mol. The number of methoxy groups -OCH3 is 1. The lowest BCUT2D eigenvalue weighted by Gasteiger charge is -2.30. The molecule has 5 heteroatoms. The van der Waals surface area contributed by atoms with Crippen molar-refractivity contribution in [3.05, 3.63) is 0 Å². The van der Waals surface area contributed by atoms with Crippen molar-refractivity contribution < 1.29 is 14.6 Å². The average Bonchev–Trinajstić information content (AvgIpc) is 2.53. The predicted octanol–water partition coefficient (Wildman–Crippen LogP) is 0.277. The second kappa shape index (κ2) is 6.33. The van der Waals surface area contributed by atoms with Crippen molar-refractivity contribution in [2.24, 2.45) is 4.99 Å². The minimum Gasteiger partial charge on any atom is -0.484 e. The molecule has 2 aliphatic heterocycles. The Morgan fingerprint density at radius 3 is 2.94 bits per heavy atom. The van der Waals surface area contributed by atoms with Crippen LogP contribution >= 0.6 is 0 Å². The van der Waals surface area contributed by atoms with E-state index in [1.807, 2.05) is 0 Å². The molecule has 0 aromatic carbocycles. The van der Waals surface area contributed by atoms with Gasteiger partial charge < -0.3 is 14.6 Å². The third-order valence-electron chi connectivity index (χ3n) is 3.43. The van der Waals surface area contributed by atoms with Crippen LogP contribution in [0.4, 0.5) is 0 Å². The van der Waals surface area contributed by atoms with E-state index in [0.29, 0.717) is 0 Å². The molecule has 1 N–H and O–H groups in total. The Balaban J connectivity index is 1.94. The highest BCUT2D eigenvalue weighted by molar-refractivity contribution is 5.76. The van der Waals surface area contributed by atoms with Gasteiger partial charge in [-0.25, -0.2) is 4.99 Å². The molecule has 2 rings (SSSR count). The Kier molecular flexibility index (Phi) is 4.76. The first-order valence-corrected chi connectivity index (χ1v) is 6.38. The summed E-state index contributed by atoms with van der Waals surface area (Å²) in [6.45, 7) is 4.23. The van der Waals surface area contributed by atoms with Crippen molar-refractivity contribution in [1.29, 1.82) is 0 Å². The molecule has 1 fully saturated rings. The number of aliphatic hydroxyl groups excluding tert-OH is 1. The van der Waals surface area contributed by atoms with Crippen molar-refractivity contribution in [2.75, 3.05) is 40.0 Å². The fourth-order valence-corrected chi connectivity index (χ4v) is 2.36. The van der Waals surface area contributed by atoms with Gasteiger partial charge in [-0.15, -0.1) is 0 Å². The smallest absolute Gasteiger partial charge is 0.183 e. The number of rotatable bonds is 2. The highest BCUT2D eigenvalue weighted by Crippen LogP contribution is 2.16. The van der Waals surface area contributed by atoms with Crippen LogP contribution in [0.15, 0.2) is 4.99 Å². The molecule has 0 bridgehead atoms. The molecule has 17 heavy (non-hydrogen) atoms. The maximum Gasteiger partial charge on any atom is 0.183 e. The van der Waals surface area contributed by atoms with Gasteiger partial charge in [-0.1, -0.05) is 0 Å². The summed E-state index contributed by atoms with van der Waals surface area (Å²) in [7, 11) is 1.66. The lowest BCUT2D eigenvalue weighted by Crippen LogP contribution is -2.43. The SMILES string of the molecule is COC1=NC(CN2CCOCC2)C(O)CCC1. The Bertz CT molecular complexity index is 264. The molecule has 0 saturated carbocycles. The summed E-state index contributed by atoms with van der Waals surface area (Å²) in [5.41, 5.74) is 0. The lowest BCUT2D eigenvalue weighted by molar-refractivity contribution is 0.0246. The standard InChI is InChI=1S/C12H22N2O3/c1-16-12-4-2-3-11(15)10(13-12)9-14-5-7-17-8-6-14/h10-11,15H,2-9H2,1H3. The summed E-state index contributed by atoms with van der Waals surface area (Å²) in [5, 5.41) is 10.1. The van der Waals surface area contributed by atoms with E-state index in [2.05, 4.69) is 9.89 Å². The summed E-state index contributed by atoms with van der Waals surface area (Å²) in [6.07, 6.45) is 2.26. The molecular weight excluding hydrogens is 220 g/mol. The highest BCUT2D eigenvalue weighted by Gasteiger charge is 2.25. The van der Waals surface area contributed by atoms with Crippen LogP contribution in [0.1, 0.15) is 19.3 Å². The zero-order valence-electron chi connectivity index (χ0n) is 10.5. The molecule has 1 saturated heterocycles. The van der Waals surface area contributed by atoms with Gasteiger partial charge in [0.25, 0.3) is 0 Å². The van der Waals surface area contributed by atoms with E-state index in [0.717, 1.165) is 58.0 Å². The van der Waals surface area contributed by atoms with Gasteiger partial charge in [-0.05, 0) is 12.8 Å². The van der Waals surface area contributed by atoms with Gasteiger partial charge in [-0.2, -0.15) is 0 Å². The van der Waals surface area contributed by atoms with Crippen LogP contribution in [0, 0.1) is 0 Å². The maximum atomic E-state index is 10.1. The second-order valence-electron chi connectivity index (χ2n) is 4.67. The molecule has 2 heterocycles. The van der Waals surface area contributed by atoms with E-state index in [4.69, 9.17) is 9.47 Å². The third-order valence-corrected chi connectivity index (χ3v) is 3.43. The van der Waals surface area contributed by atoms with Crippen LogP contribution in [0.3, 0.4) is 0 Å². The van der Waals surface area contributed by atoms with Crippen LogP contribution < -0.4 is 0 Å². The highest BCUT2D eigenvalue weighted by atomic mass is 16.5. The predicted molar refractivity (Wildman–Crippen MR) is 65.3 cm³/mol. The van der Waals surface area contributed by atoms with E-state index in [1.165, 1.54) is 0 Å². The van der Waals surface area contributed by atoms with Crippen molar-refractivity contribution >= 4 is 5.90 Å². The first-order chi connectivity index (χ1) is 8.29. The number of aliphatic imine (C=N–C) groups is 1. The zero-order chi connectivity index (χ0) is 12.1. The van der Waals surface area contributed by atoms with Gasteiger partial charge in [0, 0.05) is 26.1 Å². The first kappa shape index (κ1) is 12.8. The lowest BCUT2D eigenvalue weighted by atomic mass is 10.1. The van der Waals surface area contributed by atoms with Gasteiger partial charge >= 0.3 is 0 Å². The van der Waals surface area contributed by atoms with E-state index in [1.54, 1.807) is 7.11 Å². The third kappa shape index (κ3) is 3.66. The summed E-state index contributed by atoms with van der Waals surface area (Å²) in [6, 6.07) is -0.0504. The Morgan fingerprint density at radius 1 is 1.47 bits per heavy atom. The Morgan fingerprint density at radius 2 is 2.24 bits per heavy atom. The molecule has 98 valence electrons. The van der Waals surface area contributed by atoms with Crippen molar-refractivity contribution in [1.82, 2.24) is 4.90 Å². The second-order valence-corrected chi connectivity index (χ2v) is 4.67. The van der Waals surface area contributed by atoms with E-state index in [9.17, 15) is 5.11 Å². The van der Waals surface area contributed by atoms with Gasteiger partial charge in [0.2, 0.25) is 0 Å². The minimum atomic E-state index is -0.342. The first-order valence-electron chi connectivity index (χ1n) is 6.38. The largest absolute Gasteiger partial charge is 0.484 e. The van der Waals surface area contributed by atoms with E-state index in [-0.39, 0.29) is 12.1 Å². The molecule has 0 spiro atoms. The van der Waals surface area contributed by atoms with Crippen LogP contribution in [-0.4, -0.2) is 68.0 Å². The number of ether oxygens (including phenoxy) is 2. The molecule has 5 nitrogen and oxygen atoms in total. The molecule has 2 aliphatic rings. The molecular formula is C12H22N2O3. The molecule has 2 atom stereocenters. The van der Waals surface area contributed by atoms with Gasteiger partial charge in [-0.3, -0.25) is 4.90 Å². The molecule has 0 aromatic rings. The van der Waals surface area contributed by atoms with Crippen molar-refractivity contribution in [2.45, 2.75) is 31.4 Å². The molecule has 2 unspecified atom stereocenters. The minimum absolute atomic E-state index is 0.0504. The van der Waals surface area contributed by atoms with E-state index >= 15 is 0 Å². The number of nitrogens with zero attached hydrogens (tertiary/aromatic N) is 2. The molecule has 0 aromatic heterocycles. The van der Waals surface area contributed by atoms with Gasteiger partial charge in [0.1, 0.15) is 0 Å². The van der Waals surface area contributed by atoms with Gasteiger partial charge in [0.15, 0.2) is 5.90 Å². The van der Waals surface area contributed by atoms with Gasteiger partial charge in [0.05, 0.1) is 32.5 Å². The fourth-order valence-electron chi connectivity index (χ4n) is 2.36. The molecule has 0 radical (unpaired) electrons. The van der Waals surface area contributed by atoms with Crippen LogP contribution in [0.25, 0.3) is 0 Å². The Hall–Kier alpha value is -0.650. The Labute approximate surface area is 102 Å². The maximum absolute atomic E-state index is 10.1. The quantitative estimate of drug-likeness (QED) is 0.755. The topological polar surface area (TPSA) is 54.3 Å². The van der Waals surface area contributed by atoms with Crippen LogP contribution in [-0.2, 0) is 9.47 Å². The summed E-state index contributed by atoms with van der Waals surface area (Å²) in [4.78, 5) is 6.84. The van der Waals surface area contributed by atoms with Crippen LogP contribution in [0.5, 0.6) is 0 Å². The number of hydrogen-bond acceptors (Lipinski definition) is 5. The monoisotopic (exact) mass is 242 g/mol.